The Hall–Kier alpha value is -2.28. The SMILES string of the molecule is COCCn1cncc1CNC(=O)N1CCCCC[C@@H]1c1ccco1. The van der Waals surface area contributed by atoms with Crippen LogP contribution in [0.5, 0.6) is 0 Å². The maximum Gasteiger partial charge on any atom is 0.318 e. The van der Waals surface area contributed by atoms with Crippen LogP contribution in [0.25, 0.3) is 0 Å². The van der Waals surface area contributed by atoms with Gasteiger partial charge in [0.25, 0.3) is 0 Å². The summed E-state index contributed by atoms with van der Waals surface area (Å²) < 4.78 is 12.7. The van der Waals surface area contributed by atoms with Gasteiger partial charge in [-0.05, 0) is 25.0 Å². The van der Waals surface area contributed by atoms with Crippen molar-refractivity contribution in [2.24, 2.45) is 0 Å². The molecule has 0 bridgehead atoms. The summed E-state index contributed by atoms with van der Waals surface area (Å²) in [7, 11) is 1.67. The number of ether oxygens (including phenoxy) is 1. The molecular weight excluding hydrogens is 320 g/mol. The normalized spacial score (nSPS) is 18.1. The Bertz CT molecular complexity index is 653. The summed E-state index contributed by atoms with van der Waals surface area (Å²) in [6, 6.07) is 3.79. The van der Waals surface area contributed by atoms with E-state index < -0.39 is 0 Å². The Morgan fingerprint density at radius 2 is 2.36 bits per heavy atom. The number of nitrogens with zero attached hydrogens (tertiary/aromatic N) is 3. The molecule has 0 aliphatic carbocycles. The van der Waals surface area contributed by atoms with Gasteiger partial charge in [-0.3, -0.25) is 0 Å². The van der Waals surface area contributed by atoms with Gasteiger partial charge < -0.3 is 23.9 Å². The smallest absolute Gasteiger partial charge is 0.318 e. The minimum absolute atomic E-state index is 0.0101. The van der Waals surface area contributed by atoms with Crippen LogP contribution in [0.1, 0.15) is 43.2 Å². The molecule has 7 heteroatoms. The summed E-state index contributed by atoms with van der Waals surface area (Å²) in [6.07, 6.45) is 9.43. The van der Waals surface area contributed by atoms with Crippen molar-refractivity contribution >= 4 is 6.03 Å². The Kier molecular flexibility index (Phi) is 6.11. The third-order valence-electron chi connectivity index (χ3n) is 4.64. The first-order valence-electron chi connectivity index (χ1n) is 8.85. The zero-order valence-corrected chi connectivity index (χ0v) is 14.7. The molecule has 1 atom stereocenters. The van der Waals surface area contributed by atoms with E-state index >= 15 is 0 Å². The largest absolute Gasteiger partial charge is 0.467 e. The highest BCUT2D eigenvalue weighted by molar-refractivity contribution is 5.74. The minimum atomic E-state index is -0.0530. The lowest BCUT2D eigenvalue weighted by Gasteiger charge is -2.28. The average Bonchev–Trinajstić information content (AvgIpc) is 3.25. The fourth-order valence-corrected chi connectivity index (χ4v) is 3.28. The summed E-state index contributed by atoms with van der Waals surface area (Å²) >= 11 is 0. The van der Waals surface area contributed by atoms with Crippen molar-refractivity contribution in [2.45, 2.75) is 44.8 Å². The third kappa shape index (κ3) is 4.42. The van der Waals surface area contributed by atoms with Crippen LogP contribution in [-0.2, 0) is 17.8 Å². The number of likely N-dealkylation sites (tertiary alicyclic amines) is 1. The Labute approximate surface area is 148 Å². The van der Waals surface area contributed by atoms with Crippen LogP contribution in [-0.4, -0.2) is 40.7 Å². The van der Waals surface area contributed by atoms with Crippen molar-refractivity contribution in [3.8, 4) is 0 Å². The van der Waals surface area contributed by atoms with Gasteiger partial charge in [-0.25, -0.2) is 9.78 Å². The van der Waals surface area contributed by atoms with E-state index in [1.807, 2.05) is 21.6 Å². The first kappa shape index (κ1) is 17.5. The van der Waals surface area contributed by atoms with E-state index in [1.165, 1.54) is 0 Å². The monoisotopic (exact) mass is 346 g/mol. The van der Waals surface area contributed by atoms with Crippen LogP contribution in [0.15, 0.2) is 35.3 Å². The maximum atomic E-state index is 12.8. The Morgan fingerprint density at radius 3 is 3.16 bits per heavy atom. The standard InChI is InChI=1S/C18H26N4O3/c1-24-11-9-21-14-19-12-15(21)13-20-18(23)22-8-4-2-3-6-16(22)17-7-5-10-25-17/h5,7,10,12,14,16H,2-4,6,8-9,11,13H2,1H3,(H,20,23)/t16-/m1/s1. The summed E-state index contributed by atoms with van der Waals surface area (Å²) in [5.41, 5.74) is 0.967. The van der Waals surface area contributed by atoms with Crippen molar-refractivity contribution in [3.63, 3.8) is 0 Å². The van der Waals surface area contributed by atoms with E-state index in [0.29, 0.717) is 13.2 Å². The van der Waals surface area contributed by atoms with Gasteiger partial charge in [0.05, 0.1) is 37.5 Å². The number of rotatable bonds is 6. The van der Waals surface area contributed by atoms with Gasteiger partial charge >= 0.3 is 6.03 Å². The molecule has 2 amide bonds. The number of imidazole rings is 1. The molecule has 7 nitrogen and oxygen atoms in total. The predicted molar refractivity (Wildman–Crippen MR) is 93.0 cm³/mol. The highest BCUT2D eigenvalue weighted by Gasteiger charge is 2.28. The van der Waals surface area contributed by atoms with Crippen molar-refractivity contribution in [1.29, 1.82) is 0 Å². The number of nitrogens with one attached hydrogen (secondary N) is 1. The van der Waals surface area contributed by atoms with Crippen LogP contribution in [0, 0.1) is 0 Å². The second-order valence-electron chi connectivity index (χ2n) is 6.30. The Morgan fingerprint density at radius 1 is 1.44 bits per heavy atom. The number of hydrogen-bond donors (Lipinski definition) is 1. The van der Waals surface area contributed by atoms with Gasteiger partial charge in [0, 0.05) is 26.4 Å². The van der Waals surface area contributed by atoms with Crippen molar-refractivity contribution in [2.75, 3.05) is 20.3 Å². The highest BCUT2D eigenvalue weighted by atomic mass is 16.5. The van der Waals surface area contributed by atoms with Gasteiger partial charge in [0.1, 0.15) is 5.76 Å². The zero-order valence-electron chi connectivity index (χ0n) is 14.7. The van der Waals surface area contributed by atoms with E-state index in [2.05, 4.69) is 10.3 Å². The third-order valence-corrected chi connectivity index (χ3v) is 4.64. The molecule has 1 saturated heterocycles. The molecule has 1 aliphatic rings. The second kappa shape index (κ2) is 8.71. The van der Waals surface area contributed by atoms with E-state index in [-0.39, 0.29) is 12.1 Å². The summed E-state index contributed by atoms with van der Waals surface area (Å²) in [4.78, 5) is 18.9. The molecule has 136 valence electrons. The highest BCUT2D eigenvalue weighted by Crippen LogP contribution is 2.30. The van der Waals surface area contributed by atoms with Crippen LogP contribution >= 0.6 is 0 Å². The second-order valence-corrected chi connectivity index (χ2v) is 6.30. The molecule has 25 heavy (non-hydrogen) atoms. The molecule has 1 aliphatic heterocycles. The van der Waals surface area contributed by atoms with E-state index in [4.69, 9.17) is 9.15 Å². The lowest BCUT2D eigenvalue weighted by Crippen LogP contribution is -2.42. The van der Waals surface area contributed by atoms with Crippen molar-refractivity contribution in [1.82, 2.24) is 19.8 Å². The molecule has 0 saturated carbocycles. The van der Waals surface area contributed by atoms with Crippen molar-refractivity contribution in [3.05, 3.63) is 42.4 Å². The van der Waals surface area contributed by atoms with Crippen LogP contribution in [0.4, 0.5) is 4.79 Å². The lowest BCUT2D eigenvalue weighted by molar-refractivity contribution is 0.165. The molecule has 3 rings (SSSR count). The van der Waals surface area contributed by atoms with E-state index in [0.717, 1.165) is 50.2 Å². The van der Waals surface area contributed by atoms with Gasteiger partial charge in [-0.1, -0.05) is 12.8 Å². The minimum Gasteiger partial charge on any atom is -0.467 e. The fourth-order valence-electron chi connectivity index (χ4n) is 3.28. The molecule has 2 aromatic rings. The van der Waals surface area contributed by atoms with Crippen molar-refractivity contribution < 1.29 is 13.9 Å². The van der Waals surface area contributed by atoms with Gasteiger partial charge in [-0.2, -0.15) is 0 Å². The molecule has 1 fully saturated rings. The zero-order chi connectivity index (χ0) is 17.5. The average molecular weight is 346 g/mol. The predicted octanol–water partition coefficient (Wildman–Crippen LogP) is 2.95. The summed E-state index contributed by atoms with van der Waals surface area (Å²) in [5.74, 6) is 0.863. The van der Waals surface area contributed by atoms with Crippen LogP contribution in [0.3, 0.4) is 0 Å². The number of urea groups is 1. The summed E-state index contributed by atoms with van der Waals surface area (Å²) in [6.45, 7) is 2.54. The number of aromatic nitrogens is 2. The Balaban J connectivity index is 1.63. The number of carbonyl (C=O) groups excluding carboxylic acids is 1. The molecule has 0 spiro atoms. The molecule has 0 radical (unpaired) electrons. The van der Waals surface area contributed by atoms with Gasteiger partial charge in [-0.15, -0.1) is 0 Å². The summed E-state index contributed by atoms with van der Waals surface area (Å²) in [5, 5.41) is 3.03. The van der Waals surface area contributed by atoms with E-state index in [1.54, 1.807) is 25.9 Å². The quantitative estimate of drug-likeness (QED) is 0.873. The molecule has 0 aromatic carbocycles. The molecule has 3 heterocycles. The van der Waals surface area contributed by atoms with Crippen LogP contribution in [0.2, 0.25) is 0 Å². The van der Waals surface area contributed by atoms with Gasteiger partial charge in [0.2, 0.25) is 0 Å². The first-order valence-corrected chi connectivity index (χ1v) is 8.85. The first-order chi connectivity index (χ1) is 12.3. The number of methoxy groups -OCH3 is 1. The van der Waals surface area contributed by atoms with Gasteiger partial charge in [0.15, 0.2) is 0 Å². The maximum absolute atomic E-state index is 12.8. The van der Waals surface area contributed by atoms with Crippen LogP contribution < -0.4 is 5.32 Å². The molecule has 1 N–H and O–H groups in total. The number of furan rings is 1. The molecular formula is C18H26N4O3. The molecule has 0 unspecified atom stereocenters. The fraction of sp³-hybridized carbons (Fsp3) is 0.556. The number of hydrogen-bond acceptors (Lipinski definition) is 4. The molecule has 2 aromatic heterocycles. The topological polar surface area (TPSA) is 72.5 Å². The lowest BCUT2D eigenvalue weighted by atomic mass is 10.1. The number of carbonyl (C=O) groups is 1. The van der Waals surface area contributed by atoms with E-state index in [9.17, 15) is 4.79 Å². The number of amides is 2.